The lowest BCUT2D eigenvalue weighted by atomic mass is 9.96. The largest absolute Gasteiger partial charge is 0.484 e. The second-order valence-corrected chi connectivity index (χ2v) is 5.27. The first-order chi connectivity index (χ1) is 10.2. The van der Waals surface area contributed by atoms with Crippen LogP contribution < -0.4 is 10.5 Å². The molecular weight excluding hydrogens is 262 g/mol. The molecule has 0 heterocycles. The third-order valence-corrected chi connectivity index (χ3v) is 3.70. The summed E-state index contributed by atoms with van der Waals surface area (Å²) in [5.41, 5.74) is 9.38. The van der Waals surface area contributed by atoms with E-state index >= 15 is 0 Å². The molecule has 0 amide bonds. The maximum Gasteiger partial charge on any atom is 0.139 e. The van der Waals surface area contributed by atoms with Gasteiger partial charge < -0.3 is 15.6 Å². The van der Waals surface area contributed by atoms with Crippen LogP contribution in [0.15, 0.2) is 48.5 Å². The van der Waals surface area contributed by atoms with Crippen molar-refractivity contribution in [3.63, 3.8) is 0 Å². The maximum absolute atomic E-state index is 9.23. The van der Waals surface area contributed by atoms with Gasteiger partial charge in [0.15, 0.2) is 0 Å². The Morgan fingerprint density at radius 3 is 2.57 bits per heavy atom. The molecule has 0 saturated carbocycles. The van der Waals surface area contributed by atoms with Crippen molar-refractivity contribution in [3.05, 3.63) is 65.2 Å². The zero-order valence-electron chi connectivity index (χ0n) is 12.6. The van der Waals surface area contributed by atoms with E-state index in [4.69, 9.17) is 10.5 Å². The molecule has 0 aliphatic carbocycles. The lowest BCUT2D eigenvalue weighted by molar-refractivity contribution is 0.170. The third kappa shape index (κ3) is 3.84. The normalized spacial score (nSPS) is 13.7. The summed E-state index contributed by atoms with van der Waals surface area (Å²) < 4.78 is 6.14. The highest BCUT2D eigenvalue weighted by atomic mass is 16.5. The van der Waals surface area contributed by atoms with Crippen LogP contribution in [0, 0.1) is 6.92 Å². The molecule has 0 aromatic heterocycles. The van der Waals surface area contributed by atoms with Gasteiger partial charge in [-0.15, -0.1) is 0 Å². The number of aryl methyl sites for hydroxylation is 1. The van der Waals surface area contributed by atoms with Crippen molar-refractivity contribution < 1.29 is 9.84 Å². The molecule has 2 aromatic carbocycles. The third-order valence-electron chi connectivity index (χ3n) is 3.70. The Kier molecular flexibility index (Phi) is 5.37. The molecule has 2 aromatic rings. The van der Waals surface area contributed by atoms with Crippen molar-refractivity contribution in [1.82, 2.24) is 0 Å². The Bertz CT molecular complexity index is 583. The van der Waals surface area contributed by atoms with Crippen molar-refractivity contribution in [2.75, 3.05) is 0 Å². The molecule has 2 unspecified atom stereocenters. The van der Waals surface area contributed by atoms with E-state index in [1.54, 1.807) is 0 Å². The molecule has 3 N–H and O–H groups in total. The maximum atomic E-state index is 9.23. The summed E-state index contributed by atoms with van der Waals surface area (Å²) in [6.45, 7) is 4.13. The van der Waals surface area contributed by atoms with Crippen LogP contribution in [0.2, 0.25) is 0 Å². The highest BCUT2D eigenvalue weighted by Gasteiger charge is 2.22. The first kappa shape index (κ1) is 15.5. The van der Waals surface area contributed by atoms with Gasteiger partial charge in [-0.05, 0) is 42.2 Å². The van der Waals surface area contributed by atoms with Gasteiger partial charge in [-0.25, -0.2) is 0 Å². The lowest BCUT2D eigenvalue weighted by Gasteiger charge is -2.26. The van der Waals surface area contributed by atoms with Gasteiger partial charge in [0.2, 0.25) is 0 Å². The first-order valence-corrected chi connectivity index (χ1v) is 7.33. The Balaban J connectivity index is 2.31. The van der Waals surface area contributed by atoms with Gasteiger partial charge in [0.1, 0.15) is 11.9 Å². The number of aliphatic hydroxyl groups excluding tert-OH is 1. The minimum absolute atomic E-state index is 0.00601. The fourth-order valence-electron chi connectivity index (χ4n) is 2.37. The molecule has 0 saturated heterocycles. The molecule has 0 fully saturated rings. The Morgan fingerprint density at radius 2 is 1.90 bits per heavy atom. The molecule has 2 atom stereocenters. The summed E-state index contributed by atoms with van der Waals surface area (Å²) in [7, 11) is 0. The Labute approximate surface area is 126 Å². The van der Waals surface area contributed by atoms with Crippen LogP contribution in [0.3, 0.4) is 0 Å². The van der Waals surface area contributed by atoms with E-state index < -0.39 is 0 Å². The minimum Gasteiger partial charge on any atom is -0.484 e. The summed E-state index contributed by atoms with van der Waals surface area (Å²) in [6.07, 6.45) is 0.642. The fraction of sp³-hybridized carbons (Fsp3) is 0.333. The van der Waals surface area contributed by atoms with Crippen LogP contribution >= 0.6 is 0 Å². The van der Waals surface area contributed by atoms with Gasteiger partial charge in [0.05, 0.1) is 6.61 Å². The number of aliphatic hydroxyl groups is 1. The van der Waals surface area contributed by atoms with E-state index in [2.05, 4.69) is 26.0 Å². The predicted octanol–water partition coefficient (Wildman–Crippen LogP) is 3.34. The van der Waals surface area contributed by atoms with Gasteiger partial charge in [-0.1, -0.05) is 43.3 Å². The molecule has 3 heteroatoms. The molecule has 2 rings (SSSR count). The van der Waals surface area contributed by atoms with E-state index in [-0.39, 0.29) is 18.8 Å². The SMILES string of the molecule is CCC(N)C(Oc1cccc(CO)c1)c1ccccc1C. The van der Waals surface area contributed by atoms with E-state index in [9.17, 15) is 5.11 Å². The smallest absolute Gasteiger partial charge is 0.139 e. The Hall–Kier alpha value is -1.84. The van der Waals surface area contributed by atoms with Crippen LogP contribution in [-0.4, -0.2) is 11.1 Å². The minimum atomic E-state index is -0.190. The Morgan fingerprint density at radius 1 is 1.14 bits per heavy atom. The van der Waals surface area contributed by atoms with Gasteiger partial charge >= 0.3 is 0 Å². The van der Waals surface area contributed by atoms with Gasteiger partial charge in [-0.3, -0.25) is 0 Å². The van der Waals surface area contributed by atoms with Gasteiger partial charge in [0.25, 0.3) is 0 Å². The van der Waals surface area contributed by atoms with Gasteiger partial charge in [-0.2, -0.15) is 0 Å². The number of rotatable bonds is 6. The molecular formula is C18H23NO2. The van der Waals surface area contributed by atoms with Crippen LogP contribution in [0.4, 0.5) is 0 Å². The van der Waals surface area contributed by atoms with E-state index in [0.717, 1.165) is 23.3 Å². The zero-order valence-corrected chi connectivity index (χ0v) is 12.6. The molecule has 0 spiro atoms. The van der Waals surface area contributed by atoms with Crippen LogP contribution in [0.5, 0.6) is 5.75 Å². The summed E-state index contributed by atoms with van der Waals surface area (Å²) in [5.74, 6) is 0.735. The molecule has 0 bridgehead atoms. The molecule has 0 radical (unpaired) electrons. The average molecular weight is 285 g/mol. The average Bonchev–Trinajstić information content (AvgIpc) is 2.53. The highest BCUT2D eigenvalue weighted by molar-refractivity contribution is 5.32. The molecule has 21 heavy (non-hydrogen) atoms. The van der Waals surface area contributed by atoms with Crippen LogP contribution in [-0.2, 0) is 6.61 Å². The number of hydrogen-bond acceptors (Lipinski definition) is 3. The van der Waals surface area contributed by atoms with Crippen molar-refractivity contribution in [2.24, 2.45) is 5.73 Å². The second kappa shape index (κ2) is 7.25. The van der Waals surface area contributed by atoms with Crippen LogP contribution in [0.1, 0.15) is 36.1 Å². The van der Waals surface area contributed by atoms with E-state index in [1.807, 2.05) is 36.4 Å². The molecule has 112 valence electrons. The first-order valence-electron chi connectivity index (χ1n) is 7.33. The summed E-state index contributed by atoms with van der Waals surface area (Å²) >= 11 is 0. The summed E-state index contributed by atoms with van der Waals surface area (Å²) in [5, 5.41) is 9.23. The van der Waals surface area contributed by atoms with Crippen molar-refractivity contribution in [2.45, 2.75) is 39.0 Å². The quantitative estimate of drug-likeness (QED) is 0.856. The number of benzene rings is 2. The number of ether oxygens (including phenoxy) is 1. The number of nitrogens with two attached hydrogens (primary N) is 1. The van der Waals surface area contributed by atoms with E-state index in [0.29, 0.717) is 0 Å². The highest BCUT2D eigenvalue weighted by Crippen LogP contribution is 2.28. The van der Waals surface area contributed by atoms with E-state index in [1.165, 1.54) is 5.56 Å². The summed E-state index contributed by atoms with van der Waals surface area (Å²) in [4.78, 5) is 0. The zero-order chi connectivity index (χ0) is 15.2. The molecule has 3 nitrogen and oxygen atoms in total. The van der Waals surface area contributed by atoms with Gasteiger partial charge in [0, 0.05) is 6.04 Å². The van der Waals surface area contributed by atoms with Crippen molar-refractivity contribution in [3.8, 4) is 5.75 Å². The van der Waals surface area contributed by atoms with Crippen molar-refractivity contribution in [1.29, 1.82) is 0 Å². The number of hydrogen-bond donors (Lipinski definition) is 2. The second-order valence-electron chi connectivity index (χ2n) is 5.27. The topological polar surface area (TPSA) is 55.5 Å². The fourth-order valence-corrected chi connectivity index (χ4v) is 2.37. The molecule has 0 aliphatic heterocycles. The standard InChI is InChI=1S/C18H23NO2/c1-3-17(19)18(16-10-5-4-7-13(16)2)21-15-9-6-8-14(11-15)12-20/h4-11,17-18,20H,3,12,19H2,1-2H3. The molecule has 0 aliphatic rings. The lowest BCUT2D eigenvalue weighted by Crippen LogP contribution is -2.32. The summed E-state index contributed by atoms with van der Waals surface area (Å²) in [6, 6.07) is 15.6. The van der Waals surface area contributed by atoms with Crippen molar-refractivity contribution >= 4 is 0 Å². The predicted molar refractivity (Wildman–Crippen MR) is 85.2 cm³/mol. The van der Waals surface area contributed by atoms with Crippen LogP contribution in [0.25, 0.3) is 0 Å². The monoisotopic (exact) mass is 285 g/mol.